The van der Waals surface area contributed by atoms with E-state index >= 15 is 0 Å². The minimum absolute atomic E-state index is 0. The first-order chi connectivity index (χ1) is 11.4. The Labute approximate surface area is 165 Å². The topological polar surface area (TPSA) is 74.1 Å². The van der Waals surface area contributed by atoms with E-state index in [1.54, 1.807) is 24.3 Å². The smallest absolute Gasteiger partial charge is 0.862 e. The molecule has 136 valence electrons. The number of hydrogen-bond donors (Lipinski definition) is 0. The van der Waals surface area contributed by atoms with E-state index in [4.69, 9.17) is 0 Å². The minimum atomic E-state index is -0.309. The summed E-state index contributed by atoms with van der Waals surface area (Å²) in [7, 11) is 4.11. The van der Waals surface area contributed by atoms with Gasteiger partial charge in [-0.2, -0.15) is 30.3 Å². The number of benzene rings is 2. The van der Waals surface area contributed by atoms with Gasteiger partial charge in [0.2, 0.25) is 0 Å². The van der Waals surface area contributed by atoms with Gasteiger partial charge in [-0.1, -0.05) is 12.1 Å². The van der Waals surface area contributed by atoms with Crippen molar-refractivity contribution < 1.29 is 32.6 Å². The molecule has 0 aliphatic heterocycles. The molecular weight excluding hydrogens is 499 g/mol. The predicted octanol–water partition coefficient (Wildman–Crippen LogP) is 2.05. The van der Waals surface area contributed by atoms with Crippen molar-refractivity contribution in [1.82, 2.24) is 4.90 Å². The fraction of sp³-hybridized carbons (Fsp3) is 0.263. The zero-order valence-electron chi connectivity index (χ0n) is 14.8. The van der Waals surface area contributed by atoms with Crippen molar-refractivity contribution >= 4 is 23.2 Å². The van der Waals surface area contributed by atoms with Gasteiger partial charge in [0.25, 0.3) is 0 Å². The van der Waals surface area contributed by atoms with Crippen molar-refractivity contribution in [1.29, 1.82) is 0 Å². The molecule has 0 aliphatic carbocycles. The minimum Gasteiger partial charge on any atom is -0.862 e. The van der Waals surface area contributed by atoms with Gasteiger partial charge < -0.3 is 15.1 Å². The molecule has 0 spiro atoms. The summed E-state index contributed by atoms with van der Waals surface area (Å²) in [4.78, 5) is 9.59. The summed E-state index contributed by atoms with van der Waals surface area (Å²) in [6.45, 7) is 3.68. The molecule has 6 heteroatoms. The molecule has 0 bridgehead atoms. The Balaban J connectivity index is 0.000000465. The number of aliphatic imine (C=N–C) groups is 2. The second kappa shape index (κ2) is 12.4. The summed E-state index contributed by atoms with van der Waals surface area (Å²) in [6.07, 6.45) is 0. The first-order valence-electron chi connectivity index (χ1n) is 7.52. The first-order valence-corrected chi connectivity index (χ1v) is 7.52. The van der Waals surface area contributed by atoms with Crippen LogP contribution >= 0.6 is 0 Å². The number of hydrogen-bond acceptors (Lipinski definition) is 5. The van der Waals surface area contributed by atoms with E-state index in [-0.39, 0.29) is 34.2 Å². The third kappa shape index (κ3) is 10.5. The van der Waals surface area contributed by atoms with Crippen LogP contribution in [0.5, 0.6) is 0 Å². The molecule has 0 aliphatic rings. The van der Waals surface area contributed by atoms with Gasteiger partial charge in [0.1, 0.15) is 0 Å². The van der Waals surface area contributed by atoms with Crippen LogP contribution < -0.4 is 10.2 Å². The van der Waals surface area contributed by atoms with E-state index in [1.807, 2.05) is 18.2 Å². The quantitative estimate of drug-likeness (QED) is 0.268. The molecule has 0 radical (unpaired) electrons. The SMILES string of the molecule is CC([O-])=Nc1ccccc1N=C(C)[O-].CN(C)Cc1[c-]cccc1.[Au+3]. The Morgan fingerprint density at radius 3 is 1.76 bits per heavy atom. The van der Waals surface area contributed by atoms with E-state index in [0.29, 0.717) is 11.4 Å². The van der Waals surface area contributed by atoms with Gasteiger partial charge in [-0.15, -0.1) is 5.56 Å². The third-order valence-electron chi connectivity index (χ3n) is 2.70. The van der Waals surface area contributed by atoms with E-state index in [0.717, 1.165) is 6.54 Å². The third-order valence-corrected chi connectivity index (χ3v) is 2.70. The molecule has 0 saturated heterocycles. The maximum atomic E-state index is 10.8. The van der Waals surface area contributed by atoms with Crippen LogP contribution in [-0.4, -0.2) is 30.8 Å². The average Bonchev–Trinajstić information content (AvgIpc) is 2.49. The van der Waals surface area contributed by atoms with Crippen LogP contribution in [0.25, 0.3) is 0 Å². The van der Waals surface area contributed by atoms with E-state index in [2.05, 4.69) is 41.1 Å². The normalized spacial score (nSPS) is 11.4. The van der Waals surface area contributed by atoms with Crippen LogP contribution in [0.4, 0.5) is 11.4 Å². The molecule has 2 aromatic rings. The Hall–Kier alpha value is -1.92. The largest absolute Gasteiger partial charge is 3.00 e. The number of nitrogens with zero attached hydrogens (tertiary/aromatic N) is 3. The first kappa shape index (κ1) is 23.1. The number of rotatable bonds is 4. The van der Waals surface area contributed by atoms with Crippen LogP contribution in [0.15, 0.2) is 58.5 Å². The zero-order chi connectivity index (χ0) is 17.9. The molecule has 0 N–H and O–H groups in total. The van der Waals surface area contributed by atoms with Gasteiger partial charge in [0.15, 0.2) is 0 Å². The van der Waals surface area contributed by atoms with Crippen molar-refractivity contribution in [3.05, 3.63) is 60.2 Å². The molecule has 0 heterocycles. The molecule has 0 fully saturated rings. The van der Waals surface area contributed by atoms with Crippen LogP contribution in [0.3, 0.4) is 0 Å². The second-order valence-electron chi connectivity index (χ2n) is 5.38. The van der Waals surface area contributed by atoms with Gasteiger partial charge in [-0.05, 0) is 51.9 Å². The molecule has 0 aromatic heterocycles. The molecule has 0 unspecified atom stereocenters. The maximum absolute atomic E-state index is 10.8. The van der Waals surface area contributed by atoms with Gasteiger partial charge in [0.05, 0.1) is 11.4 Å². The van der Waals surface area contributed by atoms with Crippen LogP contribution in [-0.2, 0) is 28.9 Å². The summed E-state index contributed by atoms with van der Waals surface area (Å²) in [5.74, 6) is -0.618. The summed E-state index contributed by atoms with van der Waals surface area (Å²) in [6, 6.07) is 18.0. The van der Waals surface area contributed by atoms with Gasteiger partial charge in [0, 0.05) is 6.54 Å². The van der Waals surface area contributed by atoms with Crippen molar-refractivity contribution in [2.24, 2.45) is 9.98 Å². The number of para-hydroxylation sites is 2. The Morgan fingerprint density at radius 2 is 1.40 bits per heavy atom. The van der Waals surface area contributed by atoms with E-state index in [1.165, 1.54) is 19.4 Å². The molecule has 5 nitrogen and oxygen atoms in total. The van der Waals surface area contributed by atoms with Crippen LogP contribution in [0.1, 0.15) is 19.4 Å². The predicted molar refractivity (Wildman–Crippen MR) is 94.6 cm³/mol. The fourth-order valence-electron chi connectivity index (χ4n) is 1.86. The van der Waals surface area contributed by atoms with Gasteiger partial charge in [-0.3, -0.25) is 9.98 Å². The Morgan fingerprint density at radius 1 is 0.920 bits per heavy atom. The summed E-state index contributed by atoms with van der Waals surface area (Å²) in [5, 5.41) is 21.5. The maximum Gasteiger partial charge on any atom is 3.00 e. The van der Waals surface area contributed by atoms with Crippen molar-refractivity contribution in [2.45, 2.75) is 20.4 Å². The summed E-state index contributed by atoms with van der Waals surface area (Å²) >= 11 is 0. The van der Waals surface area contributed by atoms with Crippen LogP contribution in [0.2, 0.25) is 0 Å². The molecule has 0 atom stereocenters. The fourth-order valence-corrected chi connectivity index (χ4v) is 1.86. The Bertz CT molecular complexity index is 641. The molecule has 2 rings (SSSR count). The summed E-state index contributed by atoms with van der Waals surface area (Å²) < 4.78 is 0. The zero-order valence-corrected chi connectivity index (χ0v) is 17.0. The van der Waals surface area contributed by atoms with Gasteiger partial charge >= 0.3 is 22.4 Å². The Kier molecular flexibility index (Phi) is 11.5. The monoisotopic (exact) mass is 521 g/mol. The van der Waals surface area contributed by atoms with Gasteiger partial charge in [-0.25, -0.2) is 0 Å². The van der Waals surface area contributed by atoms with Crippen molar-refractivity contribution in [3.63, 3.8) is 0 Å². The van der Waals surface area contributed by atoms with Crippen LogP contribution in [0, 0.1) is 6.07 Å². The molecule has 2 aromatic carbocycles. The van der Waals surface area contributed by atoms with Crippen molar-refractivity contribution in [2.75, 3.05) is 14.1 Å². The second-order valence-corrected chi connectivity index (χ2v) is 5.38. The molecular formula is C19H22AuN3O2. The van der Waals surface area contributed by atoms with E-state index < -0.39 is 0 Å². The van der Waals surface area contributed by atoms with Crippen molar-refractivity contribution in [3.8, 4) is 0 Å². The average molecular weight is 521 g/mol. The van der Waals surface area contributed by atoms with E-state index in [9.17, 15) is 10.2 Å². The molecule has 25 heavy (non-hydrogen) atoms. The molecule has 0 amide bonds. The molecule has 0 saturated carbocycles. The standard InChI is InChI=1S/C10H12N2O2.C9H12N.Au/c1-7(13)11-9-5-3-4-6-10(9)12-8(2)14;1-10(2)8-9-6-4-3-5-7-9;/h3-6H,1-2H3,(H,11,13)(H,12,14);3-6H,8H2,1-2H3;/q;-1;+3/p-2. The summed E-state index contributed by atoms with van der Waals surface area (Å²) in [5.41, 5.74) is 2.10.